The number of nitrogens with zero attached hydrogens (tertiary/aromatic N) is 1. The third-order valence-corrected chi connectivity index (χ3v) is 6.15. The zero-order valence-electron chi connectivity index (χ0n) is 22.2. The maximum absolute atomic E-state index is 12.2. The van der Waals surface area contributed by atoms with Crippen LogP contribution in [-0.2, 0) is 4.79 Å². The van der Waals surface area contributed by atoms with Crippen LogP contribution in [0, 0.1) is 0 Å². The standard InChI is InChI=1S/C29H46N2O4/c1-4-5-6-7-8-9-10-11-12-13-21-34-26-16-17-27(28(22-26)33-3)35-24-29(32)30-19-18-25-15-14-20-31(2)23-25/h14-17,20,22H,4-13,18-19,21,23-24H2,1-3H3,(H,30,32). The Bertz CT molecular complexity index is 791. The lowest BCUT2D eigenvalue weighted by molar-refractivity contribution is -0.123. The molecule has 0 atom stereocenters. The Labute approximate surface area is 212 Å². The van der Waals surface area contributed by atoms with E-state index in [4.69, 9.17) is 14.2 Å². The molecule has 1 aliphatic rings. The number of carbonyl (C=O) groups is 1. The number of allylic oxidation sites excluding steroid dienone is 2. The highest BCUT2D eigenvalue weighted by atomic mass is 16.5. The summed E-state index contributed by atoms with van der Waals surface area (Å²) in [6.07, 6.45) is 20.1. The number of ether oxygens (including phenoxy) is 3. The predicted octanol–water partition coefficient (Wildman–Crippen LogP) is 6.27. The molecule has 0 spiro atoms. The third kappa shape index (κ3) is 12.6. The van der Waals surface area contributed by atoms with E-state index >= 15 is 0 Å². The van der Waals surface area contributed by atoms with Gasteiger partial charge in [0.15, 0.2) is 18.1 Å². The summed E-state index contributed by atoms with van der Waals surface area (Å²) < 4.78 is 17.0. The average Bonchev–Trinajstić information content (AvgIpc) is 2.86. The Kier molecular flexibility index (Phi) is 14.5. The van der Waals surface area contributed by atoms with Crippen molar-refractivity contribution in [2.75, 3.05) is 40.5 Å². The fourth-order valence-corrected chi connectivity index (χ4v) is 4.11. The van der Waals surface area contributed by atoms with E-state index in [2.05, 4.69) is 23.2 Å². The van der Waals surface area contributed by atoms with Crippen LogP contribution in [0.5, 0.6) is 17.2 Å². The molecule has 0 aliphatic carbocycles. The summed E-state index contributed by atoms with van der Waals surface area (Å²) in [5.41, 5.74) is 1.30. The third-order valence-electron chi connectivity index (χ3n) is 6.15. The SMILES string of the molecule is CCCCCCCCCCCCOc1ccc(OCC(=O)NCCC2=CC=CN(C)C2)c(OC)c1. The molecule has 0 bridgehead atoms. The maximum atomic E-state index is 12.2. The number of unbranched alkanes of at least 4 members (excludes halogenated alkanes) is 9. The van der Waals surface area contributed by atoms with Gasteiger partial charge in [-0.3, -0.25) is 4.79 Å². The molecule has 0 radical (unpaired) electrons. The highest BCUT2D eigenvalue weighted by molar-refractivity contribution is 5.77. The summed E-state index contributed by atoms with van der Waals surface area (Å²) in [6, 6.07) is 5.49. The number of likely N-dealkylation sites (N-methyl/N-ethyl adjacent to an activating group) is 1. The summed E-state index contributed by atoms with van der Waals surface area (Å²) >= 11 is 0. The van der Waals surface area contributed by atoms with Gasteiger partial charge in [-0.05, 0) is 42.8 Å². The van der Waals surface area contributed by atoms with Crippen LogP contribution in [0.1, 0.15) is 77.6 Å². The molecule has 1 aliphatic heterocycles. The second-order valence-corrected chi connectivity index (χ2v) is 9.31. The van der Waals surface area contributed by atoms with E-state index in [1.54, 1.807) is 13.2 Å². The van der Waals surface area contributed by atoms with Crippen LogP contribution in [0.4, 0.5) is 0 Å². The molecule has 6 heteroatoms. The minimum atomic E-state index is -0.145. The molecular weight excluding hydrogens is 440 g/mol. The zero-order chi connectivity index (χ0) is 25.1. The summed E-state index contributed by atoms with van der Waals surface area (Å²) in [5, 5.41) is 2.91. The van der Waals surface area contributed by atoms with E-state index in [-0.39, 0.29) is 12.5 Å². The van der Waals surface area contributed by atoms with Crippen LogP contribution < -0.4 is 19.5 Å². The van der Waals surface area contributed by atoms with E-state index in [0.29, 0.717) is 24.7 Å². The molecule has 0 saturated heterocycles. The van der Waals surface area contributed by atoms with Gasteiger partial charge in [0.25, 0.3) is 5.91 Å². The van der Waals surface area contributed by atoms with E-state index in [0.717, 1.165) is 25.1 Å². The lowest BCUT2D eigenvalue weighted by atomic mass is 10.1. The van der Waals surface area contributed by atoms with E-state index in [1.807, 2.05) is 31.5 Å². The monoisotopic (exact) mass is 486 g/mol. The lowest BCUT2D eigenvalue weighted by Gasteiger charge is -2.19. The summed E-state index contributed by atoms with van der Waals surface area (Å²) in [4.78, 5) is 14.3. The number of hydrogen-bond donors (Lipinski definition) is 1. The molecule has 1 heterocycles. The molecule has 196 valence electrons. The van der Waals surface area contributed by atoms with Crippen LogP contribution in [0.2, 0.25) is 0 Å². The molecule has 1 N–H and O–H groups in total. The van der Waals surface area contributed by atoms with Gasteiger partial charge in [0.1, 0.15) is 5.75 Å². The van der Waals surface area contributed by atoms with Gasteiger partial charge in [0.2, 0.25) is 0 Å². The minimum Gasteiger partial charge on any atom is -0.493 e. The van der Waals surface area contributed by atoms with Crippen molar-refractivity contribution >= 4 is 5.91 Å². The van der Waals surface area contributed by atoms with Crippen LogP contribution in [0.15, 0.2) is 42.1 Å². The number of amides is 1. The zero-order valence-corrected chi connectivity index (χ0v) is 22.2. The molecule has 1 aromatic rings. The molecule has 0 aromatic heterocycles. The van der Waals surface area contributed by atoms with Gasteiger partial charge in [-0.2, -0.15) is 0 Å². The topological polar surface area (TPSA) is 60.0 Å². The first-order valence-corrected chi connectivity index (χ1v) is 13.4. The van der Waals surface area contributed by atoms with Crippen molar-refractivity contribution < 1.29 is 19.0 Å². The second-order valence-electron chi connectivity index (χ2n) is 9.31. The Morgan fingerprint density at radius 1 is 0.971 bits per heavy atom. The predicted molar refractivity (Wildman–Crippen MR) is 143 cm³/mol. The van der Waals surface area contributed by atoms with Crippen LogP contribution in [0.3, 0.4) is 0 Å². The maximum Gasteiger partial charge on any atom is 0.257 e. The largest absolute Gasteiger partial charge is 0.493 e. The van der Waals surface area contributed by atoms with Gasteiger partial charge >= 0.3 is 0 Å². The second kappa shape index (κ2) is 17.8. The highest BCUT2D eigenvalue weighted by Crippen LogP contribution is 2.31. The average molecular weight is 487 g/mol. The van der Waals surface area contributed by atoms with Gasteiger partial charge in [-0.1, -0.05) is 70.8 Å². The van der Waals surface area contributed by atoms with Crippen LogP contribution in [-0.4, -0.2) is 51.3 Å². The van der Waals surface area contributed by atoms with Crippen molar-refractivity contribution in [1.82, 2.24) is 10.2 Å². The van der Waals surface area contributed by atoms with Crippen molar-refractivity contribution in [2.45, 2.75) is 77.6 Å². The van der Waals surface area contributed by atoms with Gasteiger partial charge < -0.3 is 24.4 Å². The smallest absolute Gasteiger partial charge is 0.257 e. The molecular formula is C29H46N2O4. The molecule has 0 fully saturated rings. The molecule has 2 rings (SSSR count). The highest BCUT2D eigenvalue weighted by Gasteiger charge is 2.10. The minimum absolute atomic E-state index is 0.0476. The quantitative estimate of drug-likeness (QED) is 0.234. The lowest BCUT2D eigenvalue weighted by Crippen LogP contribution is -2.30. The normalized spacial score (nSPS) is 12.9. The summed E-state index contributed by atoms with van der Waals surface area (Å²) in [5.74, 6) is 1.72. The Morgan fingerprint density at radius 3 is 2.37 bits per heavy atom. The fraction of sp³-hybridized carbons (Fsp3) is 0.621. The molecule has 0 saturated carbocycles. The van der Waals surface area contributed by atoms with Crippen molar-refractivity contribution in [1.29, 1.82) is 0 Å². The van der Waals surface area contributed by atoms with Crippen molar-refractivity contribution in [3.63, 3.8) is 0 Å². The van der Waals surface area contributed by atoms with E-state index < -0.39 is 0 Å². The Hall–Kier alpha value is -2.63. The summed E-state index contributed by atoms with van der Waals surface area (Å²) in [6.45, 7) is 4.40. The number of rotatable bonds is 19. The molecule has 35 heavy (non-hydrogen) atoms. The molecule has 1 aromatic carbocycles. The Morgan fingerprint density at radius 2 is 1.69 bits per heavy atom. The van der Waals surface area contributed by atoms with Crippen LogP contribution in [0.25, 0.3) is 0 Å². The number of nitrogens with one attached hydrogen (secondary N) is 1. The summed E-state index contributed by atoms with van der Waals surface area (Å²) in [7, 11) is 3.63. The fourth-order valence-electron chi connectivity index (χ4n) is 4.11. The first-order valence-electron chi connectivity index (χ1n) is 13.4. The molecule has 1 amide bonds. The van der Waals surface area contributed by atoms with Gasteiger partial charge in [0, 0.05) is 26.2 Å². The Balaban J connectivity index is 1.58. The van der Waals surface area contributed by atoms with Gasteiger partial charge in [-0.15, -0.1) is 0 Å². The van der Waals surface area contributed by atoms with Crippen LogP contribution >= 0.6 is 0 Å². The van der Waals surface area contributed by atoms with E-state index in [1.165, 1.54) is 63.4 Å². The van der Waals surface area contributed by atoms with Crippen molar-refractivity contribution in [2.24, 2.45) is 0 Å². The van der Waals surface area contributed by atoms with E-state index in [9.17, 15) is 4.79 Å². The molecule has 6 nitrogen and oxygen atoms in total. The number of hydrogen-bond acceptors (Lipinski definition) is 5. The van der Waals surface area contributed by atoms with Crippen molar-refractivity contribution in [3.05, 3.63) is 42.1 Å². The number of benzene rings is 1. The first kappa shape index (κ1) is 28.6. The van der Waals surface area contributed by atoms with Gasteiger partial charge in [-0.25, -0.2) is 0 Å². The number of methoxy groups -OCH3 is 1. The van der Waals surface area contributed by atoms with Gasteiger partial charge in [0.05, 0.1) is 13.7 Å². The molecule has 0 unspecified atom stereocenters. The van der Waals surface area contributed by atoms with Crippen molar-refractivity contribution in [3.8, 4) is 17.2 Å². The first-order chi connectivity index (χ1) is 17.1. The number of carbonyl (C=O) groups excluding carboxylic acids is 1.